The predicted molar refractivity (Wildman–Crippen MR) is 49.5 cm³/mol. The highest BCUT2D eigenvalue weighted by atomic mass is 16.6. The van der Waals surface area contributed by atoms with E-state index in [0.29, 0.717) is 6.04 Å². The molecule has 0 radical (unpaired) electrons. The van der Waals surface area contributed by atoms with Gasteiger partial charge in [-0.3, -0.25) is 0 Å². The highest BCUT2D eigenvalue weighted by molar-refractivity contribution is 5.67. The molecule has 0 spiro atoms. The molecule has 13 heavy (non-hydrogen) atoms. The second kappa shape index (κ2) is 3.99. The van der Waals surface area contributed by atoms with Crippen molar-refractivity contribution in [2.45, 2.75) is 57.1 Å². The summed E-state index contributed by atoms with van der Waals surface area (Å²) in [5.41, 5.74) is 0. The van der Waals surface area contributed by atoms with Crippen molar-refractivity contribution in [3.8, 4) is 0 Å². The molecule has 0 heterocycles. The first-order chi connectivity index (χ1) is 6.34. The van der Waals surface area contributed by atoms with Crippen LogP contribution in [0.2, 0.25) is 0 Å². The third-order valence-corrected chi connectivity index (χ3v) is 3.00. The number of alkyl carbamates (subject to hydrolysis) is 1. The molecule has 2 saturated carbocycles. The van der Waals surface area contributed by atoms with Crippen molar-refractivity contribution in [1.82, 2.24) is 5.32 Å². The molecule has 3 nitrogen and oxygen atoms in total. The van der Waals surface area contributed by atoms with E-state index in [1.54, 1.807) is 0 Å². The number of nitrogens with one attached hydrogen (secondary N) is 1. The van der Waals surface area contributed by atoms with Crippen molar-refractivity contribution >= 4 is 6.09 Å². The van der Waals surface area contributed by atoms with Crippen LogP contribution in [-0.2, 0) is 4.74 Å². The van der Waals surface area contributed by atoms with Crippen LogP contribution < -0.4 is 5.32 Å². The van der Waals surface area contributed by atoms with E-state index < -0.39 is 0 Å². The van der Waals surface area contributed by atoms with E-state index in [0.717, 1.165) is 25.7 Å². The van der Waals surface area contributed by atoms with E-state index in [1.807, 2.05) is 0 Å². The van der Waals surface area contributed by atoms with Gasteiger partial charge in [-0.15, -0.1) is 0 Å². The van der Waals surface area contributed by atoms with E-state index in [4.69, 9.17) is 4.74 Å². The molecule has 0 unspecified atom stereocenters. The van der Waals surface area contributed by atoms with Crippen LogP contribution in [0.5, 0.6) is 0 Å². The third kappa shape index (κ3) is 2.36. The van der Waals surface area contributed by atoms with Crippen molar-refractivity contribution < 1.29 is 9.53 Å². The molecule has 0 aromatic rings. The Hall–Kier alpha value is -0.730. The fraction of sp³-hybridized carbons (Fsp3) is 0.900. The number of amides is 1. The quantitative estimate of drug-likeness (QED) is 0.712. The van der Waals surface area contributed by atoms with Gasteiger partial charge in [0.05, 0.1) is 0 Å². The van der Waals surface area contributed by atoms with Gasteiger partial charge in [-0.1, -0.05) is 12.8 Å². The molecule has 0 saturated heterocycles. The summed E-state index contributed by atoms with van der Waals surface area (Å²) in [7, 11) is 0. The van der Waals surface area contributed by atoms with Gasteiger partial charge < -0.3 is 10.1 Å². The summed E-state index contributed by atoms with van der Waals surface area (Å²) in [6, 6.07) is 0.382. The second-order valence-corrected chi connectivity index (χ2v) is 4.08. The van der Waals surface area contributed by atoms with E-state index >= 15 is 0 Å². The summed E-state index contributed by atoms with van der Waals surface area (Å²) in [5.74, 6) is 0. The Balaban J connectivity index is 1.64. The standard InChI is InChI=1S/C10H17NO2/c12-10(13-9-6-3-7-9)11-8-4-1-2-5-8/h8-9H,1-7H2,(H,11,12). The Kier molecular flexibility index (Phi) is 2.71. The molecule has 2 rings (SSSR count). The van der Waals surface area contributed by atoms with E-state index in [-0.39, 0.29) is 12.2 Å². The minimum absolute atomic E-state index is 0.198. The summed E-state index contributed by atoms with van der Waals surface area (Å²) >= 11 is 0. The lowest BCUT2D eigenvalue weighted by molar-refractivity contribution is 0.0505. The second-order valence-electron chi connectivity index (χ2n) is 4.08. The van der Waals surface area contributed by atoms with Gasteiger partial charge >= 0.3 is 6.09 Å². The lowest BCUT2D eigenvalue weighted by Gasteiger charge is -2.26. The molecule has 1 amide bonds. The zero-order valence-electron chi connectivity index (χ0n) is 7.92. The molecule has 74 valence electrons. The molecule has 1 N–H and O–H groups in total. The van der Waals surface area contributed by atoms with Crippen LogP contribution in [-0.4, -0.2) is 18.2 Å². The van der Waals surface area contributed by atoms with E-state index in [9.17, 15) is 4.79 Å². The number of rotatable bonds is 2. The molecular formula is C10H17NO2. The summed E-state index contributed by atoms with van der Waals surface area (Å²) in [6.07, 6.45) is 8.07. The Labute approximate surface area is 78.8 Å². The van der Waals surface area contributed by atoms with Crippen LogP contribution in [0.4, 0.5) is 4.79 Å². The van der Waals surface area contributed by atoms with Gasteiger partial charge in [0, 0.05) is 6.04 Å². The maximum absolute atomic E-state index is 11.3. The van der Waals surface area contributed by atoms with Gasteiger partial charge in [-0.25, -0.2) is 4.79 Å². The number of ether oxygens (including phenoxy) is 1. The Morgan fingerprint density at radius 1 is 1.08 bits per heavy atom. The highest BCUT2D eigenvalue weighted by Gasteiger charge is 2.23. The Morgan fingerprint density at radius 3 is 2.31 bits per heavy atom. The molecule has 0 aromatic carbocycles. The topological polar surface area (TPSA) is 38.3 Å². The van der Waals surface area contributed by atoms with Crippen LogP contribution in [0.1, 0.15) is 44.9 Å². The summed E-state index contributed by atoms with van der Waals surface area (Å²) in [4.78, 5) is 11.3. The van der Waals surface area contributed by atoms with Crippen LogP contribution in [0.3, 0.4) is 0 Å². The van der Waals surface area contributed by atoms with Gasteiger partial charge in [0.2, 0.25) is 0 Å². The molecular weight excluding hydrogens is 166 g/mol. The minimum atomic E-state index is -0.198. The molecule has 0 aromatic heterocycles. The first-order valence-electron chi connectivity index (χ1n) is 5.32. The highest BCUT2D eigenvalue weighted by Crippen LogP contribution is 2.22. The lowest BCUT2D eigenvalue weighted by atomic mass is 9.96. The smallest absolute Gasteiger partial charge is 0.407 e. The van der Waals surface area contributed by atoms with Crippen LogP contribution >= 0.6 is 0 Å². The molecule has 0 aliphatic heterocycles. The fourth-order valence-corrected chi connectivity index (χ4v) is 1.91. The number of hydrogen-bond donors (Lipinski definition) is 1. The number of hydrogen-bond acceptors (Lipinski definition) is 2. The van der Waals surface area contributed by atoms with Crippen LogP contribution in [0, 0.1) is 0 Å². The van der Waals surface area contributed by atoms with Crippen LogP contribution in [0.15, 0.2) is 0 Å². The SMILES string of the molecule is O=C(NC1CCCC1)OC1CCC1. The average molecular weight is 183 g/mol. The van der Waals surface area contributed by atoms with Crippen LogP contribution in [0.25, 0.3) is 0 Å². The molecule has 2 fully saturated rings. The summed E-state index contributed by atoms with van der Waals surface area (Å²) < 4.78 is 5.20. The summed E-state index contributed by atoms with van der Waals surface area (Å²) in [6.45, 7) is 0. The van der Waals surface area contributed by atoms with Gasteiger partial charge in [0.1, 0.15) is 6.10 Å². The zero-order valence-corrected chi connectivity index (χ0v) is 7.92. The third-order valence-electron chi connectivity index (χ3n) is 3.00. The first-order valence-corrected chi connectivity index (χ1v) is 5.32. The summed E-state index contributed by atoms with van der Waals surface area (Å²) in [5, 5.41) is 2.92. The number of carbonyl (C=O) groups is 1. The molecule has 0 bridgehead atoms. The van der Waals surface area contributed by atoms with Gasteiger partial charge in [-0.05, 0) is 32.1 Å². The van der Waals surface area contributed by atoms with Crippen molar-refractivity contribution in [3.63, 3.8) is 0 Å². The van der Waals surface area contributed by atoms with Crippen molar-refractivity contribution in [2.24, 2.45) is 0 Å². The fourth-order valence-electron chi connectivity index (χ4n) is 1.91. The molecule has 0 atom stereocenters. The minimum Gasteiger partial charge on any atom is -0.446 e. The zero-order chi connectivity index (χ0) is 9.10. The molecule has 2 aliphatic carbocycles. The average Bonchev–Trinajstić information content (AvgIpc) is 2.49. The van der Waals surface area contributed by atoms with Gasteiger partial charge in [0.25, 0.3) is 0 Å². The molecule has 3 heteroatoms. The van der Waals surface area contributed by atoms with Gasteiger partial charge in [0.15, 0.2) is 0 Å². The monoisotopic (exact) mass is 183 g/mol. The normalized spacial score (nSPS) is 24.0. The number of carbonyl (C=O) groups excluding carboxylic acids is 1. The van der Waals surface area contributed by atoms with Crippen molar-refractivity contribution in [2.75, 3.05) is 0 Å². The molecule has 2 aliphatic rings. The lowest BCUT2D eigenvalue weighted by Crippen LogP contribution is -2.37. The largest absolute Gasteiger partial charge is 0.446 e. The first kappa shape index (κ1) is 8.85. The van der Waals surface area contributed by atoms with Crippen molar-refractivity contribution in [3.05, 3.63) is 0 Å². The maximum Gasteiger partial charge on any atom is 0.407 e. The van der Waals surface area contributed by atoms with Crippen molar-refractivity contribution in [1.29, 1.82) is 0 Å². The Bertz CT molecular complexity index is 183. The van der Waals surface area contributed by atoms with E-state index in [1.165, 1.54) is 19.3 Å². The predicted octanol–water partition coefficient (Wildman–Crippen LogP) is 2.21. The van der Waals surface area contributed by atoms with E-state index in [2.05, 4.69) is 5.32 Å². The Morgan fingerprint density at radius 2 is 1.77 bits per heavy atom. The maximum atomic E-state index is 11.3. The van der Waals surface area contributed by atoms with Gasteiger partial charge in [-0.2, -0.15) is 0 Å².